The fourth-order valence-corrected chi connectivity index (χ4v) is 3.90. The van der Waals surface area contributed by atoms with E-state index in [2.05, 4.69) is 4.72 Å². The zero-order chi connectivity index (χ0) is 15.3. The lowest BCUT2D eigenvalue weighted by Gasteiger charge is -2.30. The predicted molar refractivity (Wildman–Crippen MR) is 78.9 cm³/mol. The van der Waals surface area contributed by atoms with E-state index in [1.807, 2.05) is 6.07 Å². The van der Waals surface area contributed by atoms with E-state index in [0.29, 0.717) is 12.1 Å². The highest BCUT2D eigenvalue weighted by atomic mass is 32.2. The van der Waals surface area contributed by atoms with E-state index >= 15 is 0 Å². The van der Waals surface area contributed by atoms with Gasteiger partial charge in [-0.3, -0.25) is 0 Å². The lowest BCUT2D eigenvalue weighted by molar-refractivity contribution is 0.136. The van der Waals surface area contributed by atoms with E-state index in [9.17, 15) is 13.5 Å². The molecule has 0 aromatic heterocycles. The van der Waals surface area contributed by atoms with Crippen LogP contribution in [0.3, 0.4) is 0 Å². The molecule has 0 bridgehead atoms. The summed E-state index contributed by atoms with van der Waals surface area (Å²) in [5.41, 5.74) is 0.432. The van der Waals surface area contributed by atoms with E-state index in [1.165, 1.54) is 24.3 Å². The first-order valence-corrected chi connectivity index (χ1v) is 8.66. The molecule has 6 heteroatoms. The number of sulfonamides is 1. The molecule has 1 saturated carbocycles. The Balaban J connectivity index is 2.01. The van der Waals surface area contributed by atoms with Crippen molar-refractivity contribution < 1.29 is 13.5 Å². The zero-order valence-corrected chi connectivity index (χ0v) is 12.6. The number of aliphatic hydroxyl groups excluding tert-OH is 1. The first-order valence-electron chi connectivity index (χ1n) is 7.17. The van der Waals surface area contributed by atoms with Gasteiger partial charge in [0.2, 0.25) is 10.0 Å². The maximum Gasteiger partial charge on any atom is 0.240 e. The Morgan fingerprint density at radius 1 is 1.19 bits per heavy atom. The van der Waals surface area contributed by atoms with Crippen molar-refractivity contribution in [3.8, 4) is 6.07 Å². The molecule has 1 aromatic carbocycles. The fourth-order valence-electron chi connectivity index (χ4n) is 2.80. The van der Waals surface area contributed by atoms with Crippen molar-refractivity contribution in [2.24, 2.45) is 11.8 Å². The molecule has 21 heavy (non-hydrogen) atoms. The van der Waals surface area contributed by atoms with Crippen LogP contribution in [0.4, 0.5) is 0 Å². The first-order chi connectivity index (χ1) is 10.1. The number of benzene rings is 1. The van der Waals surface area contributed by atoms with Crippen molar-refractivity contribution in [3.05, 3.63) is 29.8 Å². The lowest BCUT2D eigenvalue weighted by atomic mass is 9.80. The molecular weight excluding hydrogens is 288 g/mol. The summed E-state index contributed by atoms with van der Waals surface area (Å²) in [6, 6.07) is 7.81. The van der Waals surface area contributed by atoms with E-state index < -0.39 is 10.0 Å². The minimum atomic E-state index is -3.56. The number of nitriles is 1. The van der Waals surface area contributed by atoms with Gasteiger partial charge >= 0.3 is 0 Å². The van der Waals surface area contributed by atoms with Gasteiger partial charge in [-0.15, -0.1) is 0 Å². The normalized spacial score (nSPS) is 22.7. The second kappa shape index (κ2) is 7.03. The molecule has 1 aromatic rings. The van der Waals surface area contributed by atoms with Gasteiger partial charge in [0.05, 0.1) is 16.5 Å². The van der Waals surface area contributed by atoms with Crippen LogP contribution in [0.15, 0.2) is 29.2 Å². The van der Waals surface area contributed by atoms with Crippen molar-refractivity contribution in [1.82, 2.24) is 4.72 Å². The quantitative estimate of drug-likeness (QED) is 0.865. The number of rotatable bonds is 5. The minimum Gasteiger partial charge on any atom is -0.396 e. The molecule has 2 atom stereocenters. The average molecular weight is 308 g/mol. The van der Waals surface area contributed by atoms with Crippen LogP contribution >= 0.6 is 0 Å². The Morgan fingerprint density at radius 3 is 2.38 bits per heavy atom. The lowest BCUT2D eigenvalue weighted by Crippen LogP contribution is -2.35. The third-order valence-corrected chi connectivity index (χ3v) is 5.57. The average Bonchev–Trinajstić information content (AvgIpc) is 2.53. The standard InChI is InChI=1S/C15H20N2O3S/c16-9-12-5-7-15(8-6-12)21(19,20)17-10-13-3-1-2-4-14(13)11-18/h5-8,13-14,17-18H,1-4,10-11H2. The van der Waals surface area contributed by atoms with Gasteiger partial charge in [0.15, 0.2) is 0 Å². The van der Waals surface area contributed by atoms with Crippen LogP contribution in [0, 0.1) is 23.2 Å². The Morgan fingerprint density at radius 2 is 1.81 bits per heavy atom. The summed E-state index contributed by atoms with van der Waals surface area (Å²) in [4.78, 5) is 0.165. The van der Waals surface area contributed by atoms with E-state index in [1.54, 1.807) is 0 Å². The van der Waals surface area contributed by atoms with Crippen molar-refractivity contribution in [2.45, 2.75) is 30.6 Å². The largest absolute Gasteiger partial charge is 0.396 e. The molecule has 1 fully saturated rings. The first kappa shape index (κ1) is 16.0. The van der Waals surface area contributed by atoms with Gasteiger partial charge in [-0.25, -0.2) is 13.1 Å². The molecule has 5 nitrogen and oxygen atoms in total. The van der Waals surface area contributed by atoms with Crippen molar-refractivity contribution in [2.75, 3.05) is 13.2 Å². The summed E-state index contributed by atoms with van der Waals surface area (Å²) in [5, 5.41) is 18.1. The molecule has 0 heterocycles. The third kappa shape index (κ3) is 4.03. The Bertz CT molecular complexity index is 605. The highest BCUT2D eigenvalue weighted by Gasteiger charge is 2.26. The smallest absolute Gasteiger partial charge is 0.240 e. The Hall–Kier alpha value is -1.42. The molecule has 2 N–H and O–H groups in total. The van der Waals surface area contributed by atoms with Gasteiger partial charge in [0.1, 0.15) is 0 Å². The Kier molecular flexibility index (Phi) is 5.34. The SMILES string of the molecule is N#Cc1ccc(S(=O)(=O)NCC2CCCCC2CO)cc1. The highest BCUT2D eigenvalue weighted by molar-refractivity contribution is 7.89. The topological polar surface area (TPSA) is 90.2 Å². The number of aliphatic hydroxyl groups is 1. The van der Waals surface area contributed by atoms with Crippen LogP contribution < -0.4 is 4.72 Å². The summed E-state index contributed by atoms with van der Waals surface area (Å²) in [5.74, 6) is 0.374. The number of hydrogen-bond acceptors (Lipinski definition) is 4. The summed E-state index contributed by atoms with van der Waals surface area (Å²) in [6.45, 7) is 0.469. The predicted octanol–water partition coefficient (Wildman–Crippen LogP) is 1.64. The van der Waals surface area contributed by atoms with Crippen LogP contribution in [0.5, 0.6) is 0 Å². The molecule has 2 unspecified atom stereocenters. The minimum absolute atomic E-state index is 0.114. The van der Waals surface area contributed by atoms with Crippen molar-refractivity contribution in [3.63, 3.8) is 0 Å². The number of hydrogen-bond donors (Lipinski definition) is 2. The molecular formula is C15H20N2O3S. The molecule has 0 spiro atoms. The summed E-state index contributed by atoms with van der Waals surface area (Å²) < 4.78 is 27.1. The van der Waals surface area contributed by atoms with E-state index in [4.69, 9.17) is 5.26 Å². The number of nitrogens with zero attached hydrogens (tertiary/aromatic N) is 1. The van der Waals surface area contributed by atoms with Gasteiger partial charge in [-0.2, -0.15) is 5.26 Å². The third-order valence-electron chi connectivity index (χ3n) is 4.13. The van der Waals surface area contributed by atoms with Crippen LogP contribution in [0.1, 0.15) is 31.2 Å². The molecule has 0 radical (unpaired) electrons. The van der Waals surface area contributed by atoms with Crippen LogP contribution in [0.2, 0.25) is 0 Å². The van der Waals surface area contributed by atoms with Gasteiger partial charge < -0.3 is 5.11 Å². The van der Waals surface area contributed by atoms with Crippen molar-refractivity contribution in [1.29, 1.82) is 5.26 Å². The van der Waals surface area contributed by atoms with Gasteiger partial charge in [0.25, 0.3) is 0 Å². The van der Waals surface area contributed by atoms with Crippen LogP contribution in [0.25, 0.3) is 0 Å². The van der Waals surface area contributed by atoms with Crippen molar-refractivity contribution >= 4 is 10.0 Å². The molecule has 1 aliphatic rings. The van der Waals surface area contributed by atoms with E-state index in [-0.39, 0.29) is 23.3 Å². The summed E-state index contributed by atoms with van der Waals surface area (Å²) >= 11 is 0. The van der Waals surface area contributed by atoms with Crippen LogP contribution in [-0.4, -0.2) is 26.7 Å². The molecule has 0 amide bonds. The maximum absolute atomic E-state index is 12.2. The fraction of sp³-hybridized carbons (Fsp3) is 0.533. The second-order valence-corrected chi connectivity index (χ2v) is 7.24. The maximum atomic E-state index is 12.2. The monoisotopic (exact) mass is 308 g/mol. The molecule has 1 aliphatic carbocycles. The summed E-state index contributed by atoms with van der Waals surface area (Å²) in [7, 11) is -3.56. The van der Waals surface area contributed by atoms with Gasteiger partial charge in [0, 0.05) is 13.2 Å². The molecule has 2 rings (SSSR count). The molecule has 0 saturated heterocycles. The van der Waals surface area contributed by atoms with Crippen LogP contribution in [-0.2, 0) is 10.0 Å². The summed E-state index contributed by atoms with van der Waals surface area (Å²) in [6.07, 6.45) is 4.09. The second-order valence-electron chi connectivity index (χ2n) is 5.48. The van der Waals surface area contributed by atoms with E-state index in [0.717, 1.165) is 25.7 Å². The van der Waals surface area contributed by atoms with Gasteiger partial charge in [-0.05, 0) is 48.9 Å². The Labute approximate surface area is 125 Å². The number of nitrogens with one attached hydrogen (secondary N) is 1. The zero-order valence-electron chi connectivity index (χ0n) is 11.8. The molecule has 0 aliphatic heterocycles. The highest BCUT2D eigenvalue weighted by Crippen LogP contribution is 2.29. The van der Waals surface area contributed by atoms with Gasteiger partial charge in [-0.1, -0.05) is 12.8 Å². The molecule has 114 valence electrons.